The highest BCUT2D eigenvalue weighted by atomic mass is 35.5. The standard InChI is InChI=1S/C25H41Cl2N5O/c1-16-9-19(5-6-29-16)20-10-18(15-32-8-7-31(2)25(32)28)11-21(13-20)24(33)30-14-17-3-4-22(26)23(27)12-17/h7-8,16-23,28-29H,3-6,9-15H2,1-2H3,(H,30,33). The van der Waals surface area contributed by atoms with E-state index in [0.29, 0.717) is 41.9 Å². The molecule has 3 N–H and O–H groups in total. The summed E-state index contributed by atoms with van der Waals surface area (Å²) in [6.07, 6.45) is 12.3. The van der Waals surface area contributed by atoms with Gasteiger partial charge in [-0.15, -0.1) is 23.2 Å². The first-order valence-electron chi connectivity index (χ1n) is 12.9. The number of carbonyl (C=O) groups excluding carboxylic acids is 1. The molecule has 3 fully saturated rings. The third kappa shape index (κ3) is 6.37. The van der Waals surface area contributed by atoms with E-state index < -0.39 is 0 Å². The van der Waals surface area contributed by atoms with Crippen molar-refractivity contribution in [3.05, 3.63) is 18.0 Å². The Hall–Kier alpha value is -0.980. The second-order valence-corrected chi connectivity index (χ2v) is 12.1. The molecule has 1 aliphatic heterocycles. The maximum absolute atomic E-state index is 13.3. The summed E-state index contributed by atoms with van der Waals surface area (Å²) in [5.41, 5.74) is 0.527. The average Bonchev–Trinajstić information content (AvgIpc) is 3.11. The lowest BCUT2D eigenvalue weighted by molar-refractivity contribution is -0.127. The van der Waals surface area contributed by atoms with Crippen LogP contribution in [0.15, 0.2) is 12.4 Å². The number of aryl methyl sites for hydroxylation is 1. The van der Waals surface area contributed by atoms with Crippen LogP contribution in [0.1, 0.15) is 58.3 Å². The van der Waals surface area contributed by atoms with Crippen molar-refractivity contribution in [1.82, 2.24) is 19.8 Å². The van der Waals surface area contributed by atoms with Crippen LogP contribution in [0.4, 0.5) is 0 Å². The number of hydrogen-bond donors (Lipinski definition) is 3. The minimum atomic E-state index is 0.00891. The fraction of sp³-hybridized carbons (Fsp3) is 0.840. The molecule has 6 nitrogen and oxygen atoms in total. The lowest BCUT2D eigenvalue weighted by atomic mass is 9.67. The number of nitrogens with one attached hydrogen (secondary N) is 3. The number of piperidine rings is 1. The number of alkyl halides is 2. The number of aromatic nitrogens is 2. The SMILES string of the molecule is CC1CC(C2CC(Cn3ccn(C)c3=N)CC(C(=O)NCC3CCC(Cl)C(Cl)C3)C2)CCN1. The third-order valence-corrected chi connectivity index (χ3v) is 9.57. The lowest BCUT2D eigenvalue weighted by Crippen LogP contribution is -2.44. The highest BCUT2D eigenvalue weighted by Gasteiger charge is 2.38. The summed E-state index contributed by atoms with van der Waals surface area (Å²) in [4.78, 5) is 13.3. The van der Waals surface area contributed by atoms with Crippen LogP contribution < -0.4 is 16.3 Å². The highest BCUT2D eigenvalue weighted by molar-refractivity contribution is 6.30. The van der Waals surface area contributed by atoms with Crippen LogP contribution in [0.5, 0.6) is 0 Å². The minimum absolute atomic E-state index is 0.00891. The van der Waals surface area contributed by atoms with E-state index in [9.17, 15) is 4.79 Å². The normalized spacial score (nSPS) is 37.6. The van der Waals surface area contributed by atoms with Crippen molar-refractivity contribution in [3.8, 4) is 0 Å². The molecule has 1 aromatic rings. The molecule has 0 aromatic carbocycles. The summed E-state index contributed by atoms with van der Waals surface area (Å²) in [6.45, 7) is 4.90. The van der Waals surface area contributed by atoms with Crippen molar-refractivity contribution >= 4 is 29.1 Å². The van der Waals surface area contributed by atoms with Crippen LogP contribution in [0.3, 0.4) is 0 Å². The number of rotatable bonds is 6. The number of halogens is 2. The fourth-order valence-corrected chi connectivity index (χ4v) is 7.12. The van der Waals surface area contributed by atoms with Crippen molar-refractivity contribution in [2.75, 3.05) is 13.1 Å². The maximum atomic E-state index is 13.3. The van der Waals surface area contributed by atoms with Gasteiger partial charge in [-0.3, -0.25) is 10.2 Å². The molecule has 4 rings (SSSR count). The first kappa shape index (κ1) is 25.1. The Morgan fingerprint density at radius 1 is 1.06 bits per heavy atom. The van der Waals surface area contributed by atoms with E-state index in [1.807, 2.05) is 28.6 Å². The van der Waals surface area contributed by atoms with Crippen LogP contribution in [-0.2, 0) is 18.4 Å². The summed E-state index contributed by atoms with van der Waals surface area (Å²) in [5, 5.41) is 15.3. The van der Waals surface area contributed by atoms with Gasteiger partial charge in [0.1, 0.15) is 0 Å². The zero-order valence-corrected chi connectivity index (χ0v) is 21.6. The molecule has 0 spiro atoms. The first-order chi connectivity index (χ1) is 15.8. The van der Waals surface area contributed by atoms with Gasteiger partial charge in [0.15, 0.2) is 0 Å². The van der Waals surface area contributed by atoms with E-state index in [1.165, 1.54) is 12.8 Å². The van der Waals surface area contributed by atoms with Crippen LogP contribution in [-0.4, -0.2) is 44.9 Å². The molecule has 1 saturated heterocycles. The molecular weight excluding hydrogens is 457 g/mol. The molecule has 0 radical (unpaired) electrons. The molecule has 8 unspecified atom stereocenters. The van der Waals surface area contributed by atoms with Gasteiger partial charge in [0, 0.05) is 49.9 Å². The molecular formula is C25H41Cl2N5O. The number of hydrogen-bond acceptors (Lipinski definition) is 3. The average molecular weight is 499 g/mol. The molecule has 2 saturated carbocycles. The Morgan fingerprint density at radius 3 is 2.58 bits per heavy atom. The topological polar surface area (TPSA) is 74.8 Å². The molecule has 1 aromatic heterocycles. The highest BCUT2D eigenvalue weighted by Crippen LogP contribution is 2.41. The number of amides is 1. The summed E-state index contributed by atoms with van der Waals surface area (Å²) < 4.78 is 3.89. The molecule has 3 aliphatic rings. The molecule has 2 aliphatic carbocycles. The number of carbonyl (C=O) groups is 1. The molecule has 33 heavy (non-hydrogen) atoms. The van der Waals surface area contributed by atoms with Crippen molar-refractivity contribution in [2.45, 2.75) is 81.6 Å². The van der Waals surface area contributed by atoms with Crippen LogP contribution in [0, 0.1) is 35.0 Å². The van der Waals surface area contributed by atoms with Gasteiger partial charge in [0.2, 0.25) is 11.5 Å². The summed E-state index contributed by atoms with van der Waals surface area (Å²) in [6, 6.07) is 0.556. The summed E-state index contributed by atoms with van der Waals surface area (Å²) in [7, 11) is 1.91. The van der Waals surface area contributed by atoms with Crippen molar-refractivity contribution in [3.63, 3.8) is 0 Å². The Labute approximate surface area is 208 Å². The van der Waals surface area contributed by atoms with Crippen molar-refractivity contribution < 1.29 is 4.79 Å². The van der Waals surface area contributed by atoms with Gasteiger partial charge < -0.3 is 19.8 Å². The van der Waals surface area contributed by atoms with Crippen molar-refractivity contribution in [1.29, 1.82) is 5.41 Å². The van der Waals surface area contributed by atoms with Crippen molar-refractivity contribution in [2.24, 2.45) is 36.6 Å². The predicted molar refractivity (Wildman–Crippen MR) is 133 cm³/mol. The van der Waals surface area contributed by atoms with Gasteiger partial charge in [0.25, 0.3) is 0 Å². The smallest absolute Gasteiger partial charge is 0.223 e. The Balaban J connectivity index is 1.40. The fourth-order valence-electron chi connectivity index (χ4n) is 6.52. The minimum Gasteiger partial charge on any atom is -0.356 e. The Morgan fingerprint density at radius 2 is 1.88 bits per heavy atom. The van der Waals surface area contributed by atoms with Crippen LogP contribution >= 0.6 is 23.2 Å². The molecule has 8 atom stereocenters. The summed E-state index contributed by atoms with van der Waals surface area (Å²) in [5.74, 6) is 2.41. The molecule has 2 heterocycles. The monoisotopic (exact) mass is 497 g/mol. The van der Waals surface area contributed by atoms with Crippen LogP contribution in [0.25, 0.3) is 0 Å². The van der Waals surface area contributed by atoms with Gasteiger partial charge >= 0.3 is 0 Å². The number of imidazole rings is 1. The number of nitrogens with zero attached hydrogens (tertiary/aromatic N) is 2. The van der Waals surface area contributed by atoms with E-state index in [2.05, 4.69) is 17.6 Å². The molecule has 186 valence electrons. The van der Waals surface area contributed by atoms with E-state index in [0.717, 1.165) is 51.6 Å². The largest absolute Gasteiger partial charge is 0.356 e. The van der Waals surface area contributed by atoms with Crippen LogP contribution in [0.2, 0.25) is 0 Å². The molecule has 0 bridgehead atoms. The van der Waals surface area contributed by atoms with Gasteiger partial charge in [-0.25, -0.2) is 0 Å². The molecule has 8 heteroatoms. The van der Waals surface area contributed by atoms with E-state index in [1.54, 1.807) is 0 Å². The summed E-state index contributed by atoms with van der Waals surface area (Å²) >= 11 is 12.7. The zero-order chi connectivity index (χ0) is 23.5. The van der Waals surface area contributed by atoms with E-state index in [-0.39, 0.29) is 22.6 Å². The zero-order valence-electron chi connectivity index (χ0n) is 20.1. The quantitative estimate of drug-likeness (QED) is 0.521. The Kier molecular flexibility index (Phi) is 8.51. The molecule has 1 amide bonds. The van der Waals surface area contributed by atoms with Gasteiger partial charge in [0.05, 0.1) is 5.38 Å². The van der Waals surface area contributed by atoms with E-state index >= 15 is 0 Å². The van der Waals surface area contributed by atoms with Gasteiger partial charge in [-0.1, -0.05) is 0 Å². The maximum Gasteiger partial charge on any atom is 0.223 e. The van der Waals surface area contributed by atoms with Gasteiger partial charge in [-0.05, 0) is 88.5 Å². The predicted octanol–water partition coefficient (Wildman–Crippen LogP) is 3.86. The Bertz CT molecular complexity index is 854. The lowest BCUT2D eigenvalue weighted by Gasteiger charge is -2.41. The van der Waals surface area contributed by atoms with Gasteiger partial charge in [-0.2, -0.15) is 0 Å². The first-order valence-corrected chi connectivity index (χ1v) is 13.7. The third-order valence-electron chi connectivity index (χ3n) is 8.44. The van der Waals surface area contributed by atoms with E-state index in [4.69, 9.17) is 28.6 Å². The second-order valence-electron chi connectivity index (χ2n) is 11.0. The second kappa shape index (κ2) is 11.2.